The van der Waals surface area contributed by atoms with E-state index in [0.29, 0.717) is 12.1 Å². The van der Waals surface area contributed by atoms with Crippen molar-refractivity contribution in [3.05, 3.63) is 0 Å². The Bertz CT molecular complexity index is 309. The molecule has 0 aromatic heterocycles. The predicted octanol–water partition coefficient (Wildman–Crippen LogP) is 1.65. The van der Waals surface area contributed by atoms with E-state index in [1.165, 1.54) is 20.0 Å². The normalized spacial score (nSPS) is 35.7. The van der Waals surface area contributed by atoms with Crippen molar-refractivity contribution in [2.45, 2.75) is 51.6 Å². The van der Waals surface area contributed by atoms with Crippen molar-refractivity contribution in [3.8, 4) is 0 Å². The van der Waals surface area contributed by atoms with Crippen LogP contribution in [0.4, 0.5) is 0 Å². The van der Waals surface area contributed by atoms with Crippen molar-refractivity contribution < 1.29 is 9.53 Å². The lowest BCUT2D eigenvalue weighted by Gasteiger charge is -2.48. The van der Waals surface area contributed by atoms with E-state index in [1.54, 1.807) is 0 Å². The van der Waals surface area contributed by atoms with Crippen LogP contribution in [0.15, 0.2) is 0 Å². The van der Waals surface area contributed by atoms with Crippen LogP contribution in [0.25, 0.3) is 0 Å². The van der Waals surface area contributed by atoms with Gasteiger partial charge in [0.25, 0.3) is 0 Å². The van der Waals surface area contributed by atoms with E-state index in [-0.39, 0.29) is 11.9 Å². The van der Waals surface area contributed by atoms with E-state index in [0.717, 1.165) is 38.4 Å². The number of likely N-dealkylation sites (tertiary alicyclic amines) is 1. The Morgan fingerprint density at radius 1 is 1.37 bits per heavy atom. The molecule has 4 heteroatoms. The molecular weight excluding hydrogens is 240 g/mol. The molecule has 0 aromatic rings. The Labute approximate surface area is 116 Å². The summed E-state index contributed by atoms with van der Waals surface area (Å²) >= 11 is 0. The molecule has 2 rings (SSSR count). The minimum atomic E-state index is -0.0417. The number of rotatable bonds is 5. The zero-order chi connectivity index (χ0) is 13.8. The Morgan fingerprint density at radius 3 is 2.68 bits per heavy atom. The van der Waals surface area contributed by atoms with Gasteiger partial charge in [-0.05, 0) is 38.1 Å². The van der Waals surface area contributed by atoms with Crippen molar-refractivity contribution in [2.24, 2.45) is 11.8 Å². The second-order valence-corrected chi connectivity index (χ2v) is 6.18. The van der Waals surface area contributed by atoms with Gasteiger partial charge in [-0.25, -0.2) is 0 Å². The minimum absolute atomic E-state index is 0.0417. The summed E-state index contributed by atoms with van der Waals surface area (Å²) in [5.74, 6) is 0.782. The van der Waals surface area contributed by atoms with Gasteiger partial charge in [-0.1, -0.05) is 13.8 Å². The van der Waals surface area contributed by atoms with Crippen LogP contribution in [0, 0.1) is 11.8 Å². The van der Waals surface area contributed by atoms with Crippen LogP contribution >= 0.6 is 0 Å². The molecule has 110 valence electrons. The van der Waals surface area contributed by atoms with Crippen LogP contribution in [0.3, 0.4) is 0 Å². The molecule has 0 spiro atoms. The molecule has 1 aliphatic carbocycles. The Balaban J connectivity index is 1.96. The number of carbonyl (C=O) groups excluding carboxylic acids is 1. The molecule has 4 nitrogen and oxygen atoms in total. The number of hydrogen-bond donors (Lipinski definition) is 1. The second kappa shape index (κ2) is 6.71. The van der Waals surface area contributed by atoms with Gasteiger partial charge in [0.1, 0.15) is 0 Å². The first-order valence-electron chi connectivity index (χ1n) is 7.71. The summed E-state index contributed by atoms with van der Waals surface area (Å²) in [6.07, 6.45) is 4.68. The zero-order valence-electron chi connectivity index (χ0n) is 12.5. The van der Waals surface area contributed by atoms with Crippen LogP contribution in [-0.4, -0.2) is 49.7 Å². The Morgan fingerprint density at radius 2 is 2.16 bits per heavy atom. The van der Waals surface area contributed by atoms with Crippen LogP contribution < -0.4 is 5.32 Å². The van der Waals surface area contributed by atoms with Gasteiger partial charge >= 0.3 is 5.97 Å². The van der Waals surface area contributed by atoms with Crippen molar-refractivity contribution in [3.63, 3.8) is 0 Å². The maximum Gasteiger partial charge on any atom is 0.310 e. The fraction of sp³-hybridized carbons (Fsp3) is 0.933. The first-order chi connectivity index (χ1) is 9.15. The molecule has 19 heavy (non-hydrogen) atoms. The molecule has 0 aromatic carbocycles. The highest BCUT2D eigenvalue weighted by atomic mass is 16.5. The molecule has 0 bridgehead atoms. The maximum atomic E-state index is 11.9. The van der Waals surface area contributed by atoms with Gasteiger partial charge in [0.2, 0.25) is 0 Å². The molecule has 0 radical (unpaired) electrons. The largest absolute Gasteiger partial charge is 0.469 e. The lowest BCUT2D eigenvalue weighted by Crippen LogP contribution is -2.57. The number of methoxy groups -OCH3 is 1. The summed E-state index contributed by atoms with van der Waals surface area (Å²) < 4.78 is 4.96. The molecule has 4 atom stereocenters. The monoisotopic (exact) mass is 268 g/mol. The molecule has 2 fully saturated rings. The smallest absolute Gasteiger partial charge is 0.310 e. The molecule has 1 N–H and O–H groups in total. The predicted molar refractivity (Wildman–Crippen MR) is 76.0 cm³/mol. The third-order valence-corrected chi connectivity index (χ3v) is 4.74. The number of nitrogens with zero attached hydrogens (tertiary/aromatic N) is 1. The number of hydrogen-bond acceptors (Lipinski definition) is 4. The van der Waals surface area contributed by atoms with Gasteiger partial charge < -0.3 is 10.1 Å². The van der Waals surface area contributed by atoms with Gasteiger partial charge in [-0.3, -0.25) is 9.69 Å². The average molecular weight is 268 g/mol. The number of esters is 1. The summed E-state index contributed by atoms with van der Waals surface area (Å²) in [4.78, 5) is 14.4. The first-order valence-corrected chi connectivity index (χ1v) is 7.71. The van der Waals surface area contributed by atoms with Gasteiger partial charge in [0.05, 0.1) is 13.0 Å². The van der Waals surface area contributed by atoms with E-state index < -0.39 is 0 Å². The van der Waals surface area contributed by atoms with Crippen molar-refractivity contribution >= 4 is 5.97 Å². The highest BCUT2D eigenvalue weighted by Gasteiger charge is 2.39. The quantitative estimate of drug-likeness (QED) is 0.770. The molecule has 4 unspecified atom stereocenters. The number of ether oxygens (including phenoxy) is 1. The lowest BCUT2D eigenvalue weighted by molar-refractivity contribution is -0.148. The van der Waals surface area contributed by atoms with Gasteiger partial charge in [-0.15, -0.1) is 0 Å². The number of nitrogens with one attached hydrogen (secondary N) is 1. The van der Waals surface area contributed by atoms with E-state index >= 15 is 0 Å². The van der Waals surface area contributed by atoms with Crippen LogP contribution in [0.2, 0.25) is 0 Å². The Hall–Kier alpha value is -0.610. The summed E-state index contributed by atoms with van der Waals surface area (Å²) in [7, 11) is 1.50. The standard InChI is InChI=1S/C15H28N2O2/c1-4-7-16-13-8-12(15(18)19-3)9-17(10-13)14-6-5-11(14)2/h11-14,16H,4-10H2,1-3H3. The van der Waals surface area contributed by atoms with Crippen LogP contribution in [-0.2, 0) is 9.53 Å². The molecule has 1 aliphatic heterocycles. The molecule has 1 heterocycles. The van der Waals surface area contributed by atoms with E-state index in [4.69, 9.17) is 4.74 Å². The van der Waals surface area contributed by atoms with Gasteiger partial charge in [0.15, 0.2) is 0 Å². The fourth-order valence-electron chi connectivity index (χ4n) is 3.43. The van der Waals surface area contributed by atoms with Crippen molar-refractivity contribution in [1.29, 1.82) is 0 Å². The highest BCUT2D eigenvalue weighted by Crippen LogP contribution is 2.34. The molecule has 0 amide bonds. The molecule has 2 aliphatic rings. The minimum Gasteiger partial charge on any atom is -0.469 e. The van der Waals surface area contributed by atoms with E-state index in [1.807, 2.05) is 0 Å². The SMILES string of the molecule is CCCNC1CC(C(=O)OC)CN(C2CCC2C)C1. The lowest BCUT2D eigenvalue weighted by atomic mass is 9.78. The zero-order valence-corrected chi connectivity index (χ0v) is 12.5. The number of piperidine rings is 1. The molecular formula is C15H28N2O2. The molecule has 1 saturated heterocycles. The summed E-state index contributed by atoms with van der Waals surface area (Å²) in [6.45, 7) is 7.50. The maximum absolute atomic E-state index is 11.9. The Kier molecular flexibility index (Phi) is 5.22. The third kappa shape index (κ3) is 3.48. The first kappa shape index (κ1) is 14.8. The number of carbonyl (C=O) groups is 1. The second-order valence-electron chi connectivity index (χ2n) is 6.18. The van der Waals surface area contributed by atoms with E-state index in [2.05, 4.69) is 24.1 Å². The third-order valence-electron chi connectivity index (χ3n) is 4.74. The van der Waals surface area contributed by atoms with Gasteiger partial charge in [-0.2, -0.15) is 0 Å². The summed E-state index contributed by atoms with van der Waals surface area (Å²) in [5.41, 5.74) is 0. The highest BCUT2D eigenvalue weighted by molar-refractivity contribution is 5.72. The van der Waals surface area contributed by atoms with Crippen LogP contribution in [0.1, 0.15) is 39.5 Å². The fourth-order valence-corrected chi connectivity index (χ4v) is 3.43. The molecule has 1 saturated carbocycles. The average Bonchev–Trinajstić information content (AvgIpc) is 2.42. The van der Waals surface area contributed by atoms with Crippen LogP contribution in [0.5, 0.6) is 0 Å². The summed E-state index contributed by atoms with van der Waals surface area (Å²) in [5, 5.41) is 3.58. The summed E-state index contributed by atoms with van der Waals surface area (Å²) in [6, 6.07) is 1.11. The van der Waals surface area contributed by atoms with Crippen molar-refractivity contribution in [2.75, 3.05) is 26.7 Å². The van der Waals surface area contributed by atoms with Crippen molar-refractivity contribution in [1.82, 2.24) is 10.2 Å². The van der Waals surface area contributed by atoms with Gasteiger partial charge in [0, 0.05) is 25.2 Å². The van der Waals surface area contributed by atoms with E-state index in [9.17, 15) is 4.79 Å². The topological polar surface area (TPSA) is 41.6 Å².